The fraction of sp³-hybridized carbons (Fsp3) is 0.500. The quantitative estimate of drug-likeness (QED) is 0.401. The average Bonchev–Trinajstić information content (AvgIpc) is 1.69. The Hall–Kier alpha value is -0.170. The van der Waals surface area contributed by atoms with E-state index < -0.39 is 0 Å². The van der Waals surface area contributed by atoms with Gasteiger partial charge in [0.1, 0.15) is 0 Å². The van der Waals surface area contributed by atoms with Crippen molar-refractivity contribution in [2.24, 2.45) is 0 Å². The standard InChI is InChI=1S/C6H10S/c1-2-3-4-5-6-7/h3-4,6H,2,5H2,1H3/b4-3+. The highest BCUT2D eigenvalue weighted by atomic mass is 32.1. The van der Waals surface area contributed by atoms with Gasteiger partial charge in [-0.25, -0.2) is 0 Å². The largest absolute Gasteiger partial charge is 0.0931 e. The summed E-state index contributed by atoms with van der Waals surface area (Å²) in [7, 11) is 0. The summed E-state index contributed by atoms with van der Waals surface area (Å²) >= 11 is 4.59. The Bertz CT molecular complexity index is 64.6. The van der Waals surface area contributed by atoms with E-state index in [4.69, 9.17) is 0 Å². The van der Waals surface area contributed by atoms with Crippen molar-refractivity contribution in [3.8, 4) is 0 Å². The molecule has 7 heavy (non-hydrogen) atoms. The first-order valence-electron chi connectivity index (χ1n) is 2.50. The third-order valence-electron chi connectivity index (χ3n) is 0.635. The van der Waals surface area contributed by atoms with Crippen LogP contribution in [0.4, 0.5) is 0 Å². The number of thiocarbonyl (C=S) groups is 1. The first-order valence-corrected chi connectivity index (χ1v) is 2.97. The van der Waals surface area contributed by atoms with Gasteiger partial charge in [-0.15, -0.1) is 0 Å². The van der Waals surface area contributed by atoms with Crippen molar-refractivity contribution in [2.75, 3.05) is 0 Å². The maximum atomic E-state index is 4.59. The second kappa shape index (κ2) is 5.83. The molecular weight excluding hydrogens is 104 g/mol. The van der Waals surface area contributed by atoms with Crippen LogP contribution in [0.5, 0.6) is 0 Å². The predicted octanol–water partition coefficient (Wildman–Crippen LogP) is 2.34. The van der Waals surface area contributed by atoms with Crippen LogP contribution in [0.15, 0.2) is 12.2 Å². The summed E-state index contributed by atoms with van der Waals surface area (Å²) in [5.41, 5.74) is 0. The van der Waals surface area contributed by atoms with Crippen LogP contribution >= 0.6 is 12.2 Å². The van der Waals surface area contributed by atoms with Crippen molar-refractivity contribution < 1.29 is 0 Å². The molecule has 0 nitrogen and oxygen atoms in total. The predicted molar refractivity (Wildman–Crippen MR) is 37.7 cm³/mol. The molecule has 0 N–H and O–H groups in total. The molecule has 40 valence electrons. The minimum Gasteiger partial charge on any atom is -0.0931 e. The molecule has 0 rings (SSSR count). The van der Waals surface area contributed by atoms with Crippen LogP contribution in [0, 0.1) is 0 Å². The zero-order valence-electron chi connectivity index (χ0n) is 4.55. The van der Waals surface area contributed by atoms with Gasteiger partial charge in [0, 0.05) is 0 Å². The normalized spacial score (nSPS) is 9.86. The second-order valence-electron chi connectivity index (χ2n) is 1.28. The molecule has 0 unspecified atom stereocenters. The molecule has 0 heterocycles. The molecule has 0 aromatic carbocycles. The lowest BCUT2D eigenvalue weighted by Gasteiger charge is -1.74. The SMILES string of the molecule is CC/C=C/CC=S. The summed E-state index contributed by atoms with van der Waals surface area (Å²) in [6, 6.07) is 0. The molecule has 0 aliphatic rings. The Balaban J connectivity index is 2.92. The lowest BCUT2D eigenvalue weighted by molar-refractivity contribution is 1.21. The van der Waals surface area contributed by atoms with Crippen LogP contribution in [0.3, 0.4) is 0 Å². The lowest BCUT2D eigenvalue weighted by Crippen LogP contribution is -1.60. The molecule has 0 saturated heterocycles. The van der Waals surface area contributed by atoms with Gasteiger partial charge < -0.3 is 0 Å². The fourth-order valence-corrected chi connectivity index (χ4v) is 0.430. The van der Waals surface area contributed by atoms with E-state index in [-0.39, 0.29) is 0 Å². The lowest BCUT2D eigenvalue weighted by atomic mass is 10.4. The zero-order valence-corrected chi connectivity index (χ0v) is 5.37. The van der Waals surface area contributed by atoms with Crippen LogP contribution < -0.4 is 0 Å². The number of hydrogen-bond donors (Lipinski definition) is 0. The molecular formula is C6H10S. The van der Waals surface area contributed by atoms with E-state index in [1.807, 2.05) is 0 Å². The number of rotatable bonds is 3. The van der Waals surface area contributed by atoms with E-state index in [2.05, 4.69) is 31.3 Å². The van der Waals surface area contributed by atoms with Crippen LogP contribution in [0.2, 0.25) is 0 Å². The monoisotopic (exact) mass is 114 g/mol. The van der Waals surface area contributed by atoms with Gasteiger partial charge >= 0.3 is 0 Å². The number of allylic oxidation sites excluding steroid dienone is 2. The van der Waals surface area contributed by atoms with E-state index in [1.165, 1.54) is 0 Å². The highest BCUT2D eigenvalue weighted by Gasteiger charge is 1.64. The zero-order chi connectivity index (χ0) is 5.54. The van der Waals surface area contributed by atoms with Crippen LogP contribution in [0.1, 0.15) is 19.8 Å². The topological polar surface area (TPSA) is 0 Å². The van der Waals surface area contributed by atoms with Crippen LogP contribution in [-0.4, -0.2) is 5.37 Å². The van der Waals surface area contributed by atoms with Crippen molar-refractivity contribution >= 4 is 17.6 Å². The summed E-state index contributed by atoms with van der Waals surface area (Å²) < 4.78 is 0. The minimum absolute atomic E-state index is 0.934. The van der Waals surface area contributed by atoms with Crippen molar-refractivity contribution in [1.29, 1.82) is 0 Å². The van der Waals surface area contributed by atoms with Crippen LogP contribution in [0.25, 0.3) is 0 Å². The Labute approximate surface area is 50.2 Å². The summed E-state index contributed by atoms with van der Waals surface area (Å²) in [5, 5.41) is 1.73. The van der Waals surface area contributed by atoms with Crippen molar-refractivity contribution in [3.05, 3.63) is 12.2 Å². The fourth-order valence-electron chi connectivity index (χ4n) is 0.318. The Morgan fingerprint density at radius 1 is 1.43 bits per heavy atom. The Morgan fingerprint density at radius 2 is 2.14 bits per heavy atom. The second-order valence-corrected chi connectivity index (χ2v) is 1.62. The highest BCUT2D eigenvalue weighted by Crippen LogP contribution is 1.81. The molecule has 0 spiro atoms. The van der Waals surface area contributed by atoms with Gasteiger partial charge in [0.25, 0.3) is 0 Å². The maximum Gasteiger partial charge on any atom is -0.00639 e. The Kier molecular flexibility index (Phi) is 5.69. The first kappa shape index (κ1) is 6.83. The third-order valence-corrected chi connectivity index (χ3v) is 0.827. The summed E-state index contributed by atoms with van der Waals surface area (Å²) in [6.45, 7) is 2.11. The molecule has 1 heteroatoms. The van der Waals surface area contributed by atoms with Crippen molar-refractivity contribution in [1.82, 2.24) is 0 Å². The van der Waals surface area contributed by atoms with E-state index >= 15 is 0 Å². The van der Waals surface area contributed by atoms with Gasteiger partial charge in [0.2, 0.25) is 0 Å². The van der Waals surface area contributed by atoms with E-state index in [1.54, 1.807) is 5.37 Å². The van der Waals surface area contributed by atoms with Gasteiger partial charge in [-0.1, -0.05) is 31.3 Å². The van der Waals surface area contributed by atoms with Gasteiger partial charge in [-0.3, -0.25) is 0 Å². The molecule has 0 atom stereocenters. The van der Waals surface area contributed by atoms with Gasteiger partial charge in [-0.05, 0) is 18.2 Å². The Morgan fingerprint density at radius 3 is 2.57 bits per heavy atom. The summed E-state index contributed by atoms with van der Waals surface area (Å²) in [6.07, 6.45) is 6.24. The minimum atomic E-state index is 0.934. The molecule has 0 saturated carbocycles. The average molecular weight is 114 g/mol. The molecule has 0 aliphatic heterocycles. The van der Waals surface area contributed by atoms with Gasteiger partial charge in [0.15, 0.2) is 0 Å². The smallest absolute Gasteiger partial charge is 0.00639 e. The van der Waals surface area contributed by atoms with E-state index in [9.17, 15) is 0 Å². The first-order chi connectivity index (χ1) is 3.41. The van der Waals surface area contributed by atoms with Gasteiger partial charge in [0.05, 0.1) is 0 Å². The maximum absolute atomic E-state index is 4.59. The third kappa shape index (κ3) is 5.83. The summed E-state index contributed by atoms with van der Waals surface area (Å²) in [4.78, 5) is 0. The van der Waals surface area contributed by atoms with Gasteiger partial charge in [-0.2, -0.15) is 0 Å². The van der Waals surface area contributed by atoms with Crippen LogP contribution in [-0.2, 0) is 0 Å². The number of hydrogen-bond acceptors (Lipinski definition) is 1. The molecule has 0 fully saturated rings. The van der Waals surface area contributed by atoms with E-state index in [0.29, 0.717) is 0 Å². The molecule has 0 aromatic rings. The van der Waals surface area contributed by atoms with Crippen molar-refractivity contribution in [3.63, 3.8) is 0 Å². The highest BCUT2D eigenvalue weighted by molar-refractivity contribution is 7.78. The molecule has 0 bridgehead atoms. The van der Waals surface area contributed by atoms with E-state index in [0.717, 1.165) is 12.8 Å². The molecule has 0 aliphatic carbocycles. The molecule has 0 radical (unpaired) electrons. The molecule has 0 amide bonds. The molecule has 0 aromatic heterocycles. The summed E-state index contributed by atoms with van der Waals surface area (Å²) in [5.74, 6) is 0. The van der Waals surface area contributed by atoms with Crippen molar-refractivity contribution in [2.45, 2.75) is 19.8 Å².